The highest BCUT2D eigenvalue weighted by atomic mass is 32.2. The van der Waals surface area contributed by atoms with Gasteiger partial charge in [-0.05, 0) is 31.0 Å². The topological polar surface area (TPSA) is 43.4 Å². The molecule has 0 radical (unpaired) electrons. The lowest BCUT2D eigenvalue weighted by atomic mass is 10.2. The maximum Gasteiger partial charge on any atom is 0.171 e. The van der Waals surface area contributed by atoms with E-state index < -0.39 is 10.8 Å². The Hall–Kier alpha value is -1.00. The summed E-state index contributed by atoms with van der Waals surface area (Å²) >= 11 is 0. The van der Waals surface area contributed by atoms with Crippen molar-refractivity contribution in [1.82, 2.24) is 0 Å². The second-order valence-electron chi connectivity index (χ2n) is 3.73. The smallest absolute Gasteiger partial charge is 0.171 e. The SMILES string of the molecule is COCC(=O)CS(=O)c1cc(C)ccc1C. The molecule has 4 heteroatoms. The van der Waals surface area contributed by atoms with E-state index in [2.05, 4.69) is 0 Å². The van der Waals surface area contributed by atoms with E-state index in [0.717, 1.165) is 16.0 Å². The highest BCUT2D eigenvalue weighted by molar-refractivity contribution is 7.85. The van der Waals surface area contributed by atoms with Crippen molar-refractivity contribution in [3.05, 3.63) is 29.3 Å². The summed E-state index contributed by atoms with van der Waals surface area (Å²) in [6.07, 6.45) is 0. The Morgan fingerprint density at radius 3 is 2.69 bits per heavy atom. The molecule has 0 N–H and O–H groups in total. The number of carbonyl (C=O) groups excluding carboxylic acids is 1. The molecule has 0 aromatic heterocycles. The molecule has 0 saturated carbocycles. The number of hydrogen-bond acceptors (Lipinski definition) is 3. The van der Waals surface area contributed by atoms with E-state index >= 15 is 0 Å². The van der Waals surface area contributed by atoms with Crippen LogP contribution in [-0.2, 0) is 20.3 Å². The van der Waals surface area contributed by atoms with Gasteiger partial charge in [0, 0.05) is 12.0 Å². The average molecular weight is 240 g/mol. The van der Waals surface area contributed by atoms with Crippen LogP contribution < -0.4 is 0 Å². The van der Waals surface area contributed by atoms with Gasteiger partial charge in [0.05, 0.1) is 16.6 Å². The molecule has 0 amide bonds. The van der Waals surface area contributed by atoms with Crippen molar-refractivity contribution in [3.8, 4) is 0 Å². The molecule has 1 atom stereocenters. The zero-order valence-corrected chi connectivity index (χ0v) is 10.6. The monoisotopic (exact) mass is 240 g/mol. The Kier molecular flexibility index (Phi) is 4.83. The Morgan fingerprint density at radius 2 is 2.06 bits per heavy atom. The van der Waals surface area contributed by atoms with Gasteiger partial charge in [-0.3, -0.25) is 9.00 Å². The first-order valence-corrected chi connectivity index (χ1v) is 6.32. The maximum atomic E-state index is 11.9. The molecule has 1 aromatic carbocycles. The van der Waals surface area contributed by atoms with Crippen LogP contribution in [0, 0.1) is 13.8 Å². The highest BCUT2D eigenvalue weighted by Gasteiger charge is 2.12. The molecular weight excluding hydrogens is 224 g/mol. The predicted molar refractivity (Wildman–Crippen MR) is 64.1 cm³/mol. The fourth-order valence-electron chi connectivity index (χ4n) is 1.38. The summed E-state index contributed by atoms with van der Waals surface area (Å²) in [6.45, 7) is 3.86. The maximum absolute atomic E-state index is 11.9. The molecule has 0 aliphatic carbocycles. The first-order chi connectivity index (χ1) is 7.54. The van der Waals surface area contributed by atoms with Gasteiger partial charge in [0.2, 0.25) is 0 Å². The number of ketones is 1. The molecule has 0 bridgehead atoms. The van der Waals surface area contributed by atoms with Crippen molar-refractivity contribution in [3.63, 3.8) is 0 Å². The van der Waals surface area contributed by atoms with Gasteiger partial charge in [0.15, 0.2) is 5.78 Å². The van der Waals surface area contributed by atoms with Crippen molar-refractivity contribution in [2.24, 2.45) is 0 Å². The number of hydrogen-bond donors (Lipinski definition) is 0. The van der Waals surface area contributed by atoms with E-state index in [1.54, 1.807) is 0 Å². The molecule has 1 rings (SSSR count). The van der Waals surface area contributed by atoms with E-state index in [1.165, 1.54) is 7.11 Å². The molecule has 3 nitrogen and oxygen atoms in total. The van der Waals surface area contributed by atoms with Gasteiger partial charge in [-0.25, -0.2) is 0 Å². The van der Waals surface area contributed by atoms with Crippen molar-refractivity contribution in [2.45, 2.75) is 18.7 Å². The second kappa shape index (κ2) is 5.92. The highest BCUT2D eigenvalue weighted by Crippen LogP contribution is 2.15. The summed E-state index contributed by atoms with van der Waals surface area (Å²) in [5, 5.41) is 0. The summed E-state index contributed by atoms with van der Waals surface area (Å²) in [5.74, 6) is -0.111. The molecule has 1 unspecified atom stereocenters. The Labute approximate surface area is 98.3 Å². The van der Waals surface area contributed by atoms with Gasteiger partial charge in [-0.1, -0.05) is 12.1 Å². The van der Waals surface area contributed by atoms with E-state index in [9.17, 15) is 9.00 Å². The molecule has 0 heterocycles. The fraction of sp³-hybridized carbons (Fsp3) is 0.417. The summed E-state index contributed by atoms with van der Waals surface area (Å²) in [6, 6.07) is 5.75. The number of aryl methyl sites for hydroxylation is 2. The second-order valence-corrected chi connectivity index (χ2v) is 5.15. The Bertz CT molecular complexity index is 413. The van der Waals surface area contributed by atoms with Gasteiger partial charge in [0.1, 0.15) is 6.61 Å². The minimum absolute atomic E-state index is 0.0244. The normalized spacial score (nSPS) is 12.4. The van der Waals surface area contributed by atoms with Crippen LogP contribution in [0.2, 0.25) is 0 Å². The summed E-state index contributed by atoms with van der Waals surface area (Å²) < 4.78 is 16.6. The van der Waals surface area contributed by atoms with Crippen LogP contribution in [0.1, 0.15) is 11.1 Å². The molecule has 1 aromatic rings. The molecule has 16 heavy (non-hydrogen) atoms. The van der Waals surface area contributed by atoms with E-state index in [1.807, 2.05) is 32.0 Å². The molecule has 88 valence electrons. The molecule has 0 spiro atoms. The van der Waals surface area contributed by atoms with Crippen LogP contribution in [0.4, 0.5) is 0 Å². The standard InChI is InChI=1S/C12H16O3S/c1-9-4-5-10(2)12(6-9)16(14)8-11(13)7-15-3/h4-6H,7-8H2,1-3H3. The average Bonchev–Trinajstić information content (AvgIpc) is 2.21. The van der Waals surface area contributed by atoms with Crippen molar-refractivity contribution >= 4 is 16.6 Å². The lowest BCUT2D eigenvalue weighted by Crippen LogP contribution is -2.16. The minimum atomic E-state index is -1.27. The van der Waals surface area contributed by atoms with E-state index in [-0.39, 0.29) is 18.1 Å². The minimum Gasteiger partial charge on any atom is -0.377 e. The molecule has 0 saturated heterocycles. The van der Waals surface area contributed by atoms with Crippen LogP contribution in [0.15, 0.2) is 23.1 Å². The Morgan fingerprint density at radius 1 is 1.38 bits per heavy atom. The third kappa shape index (κ3) is 3.54. The van der Waals surface area contributed by atoms with Crippen LogP contribution in [0.3, 0.4) is 0 Å². The lowest BCUT2D eigenvalue weighted by Gasteiger charge is -2.06. The van der Waals surface area contributed by atoms with Crippen LogP contribution in [0.5, 0.6) is 0 Å². The van der Waals surface area contributed by atoms with Gasteiger partial charge >= 0.3 is 0 Å². The van der Waals surface area contributed by atoms with Crippen LogP contribution in [-0.4, -0.2) is 29.5 Å². The third-order valence-electron chi connectivity index (χ3n) is 2.19. The summed E-state index contributed by atoms with van der Waals surface area (Å²) in [7, 11) is 0.191. The van der Waals surface area contributed by atoms with Crippen molar-refractivity contribution in [2.75, 3.05) is 19.5 Å². The van der Waals surface area contributed by atoms with Crippen molar-refractivity contribution < 1.29 is 13.7 Å². The Balaban J connectivity index is 2.80. The summed E-state index contributed by atoms with van der Waals surface area (Å²) in [5.41, 5.74) is 2.00. The van der Waals surface area contributed by atoms with Gasteiger partial charge in [0.25, 0.3) is 0 Å². The molecule has 0 aliphatic heterocycles. The fourth-order valence-corrected chi connectivity index (χ4v) is 2.65. The van der Waals surface area contributed by atoms with E-state index in [0.29, 0.717) is 0 Å². The third-order valence-corrected chi connectivity index (χ3v) is 3.70. The van der Waals surface area contributed by atoms with Crippen LogP contribution in [0.25, 0.3) is 0 Å². The first-order valence-electron chi connectivity index (χ1n) is 5.01. The molecular formula is C12H16O3S. The molecule has 0 aliphatic rings. The predicted octanol–water partition coefficient (Wildman–Crippen LogP) is 1.63. The number of methoxy groups -OCH3 is 1. The number of Topliss-reactive ketones (excluding diaryl/α,β-unsaturated/α-hetero) is 1. The molecule has 0 fully saturated rings. The van der Waals surface area contributed by atoms with Gasteiger partial charge in [-0.2, -0.15) is 0 Å². The quantitative estimate of drug-likeness (QED) is 0.785. The van der Waals surface area contributed by atoms with Gasteiger partial charge < -0.3 is 4.74 Å². The lowest BCUT2D eigenvalue weighted by molar-refractivity contribution is -0.120. The number of carbonyl (C=O) groups is 1. The number of benzene rings is 1. The van der Waals surface area contributed by atoms with Crippen molar-refractivity contribution in [1.29, 1.82) is 0 Å². The van der Waals surface area contributed by atoms with E-state index in [4.69, 9.17) is 4.74 Å². The zero-order chi connectivity index (χ0) is 12.1. The largest absolute Gasteiger partial charge is 0.377 e. The zero-order valence-electron chi connectivity index (χ0n) is 9.78. The van der Waals surface area contributed by atoms with Crippen LogP contribution >= 0.6 is 0 Å². The first kappa shape index (κ1) is 13.1. The van der Waals surface area contributed by atoms with Gasteiger partial charge in [-0.15, -0.1) is 0 Å². The summed E-state index contributed by atoms with van der Waals surface area (Å²) in [4.78, 5) is 12.0. The number of ether oxygens (including phenoxy) is 1. The number of rotatable bonds is 5.